The highest BCUT2D eigenvalue weighted by atomic mass is 16.4. The van der Waals surface area contributed by atoms with E-state index in [1.54, 1.807) is 14.0 Å². The van der Waals surface area contributed by atoms with E-state index in [1.165, 1.54) is 9.80 Å². The number of imide groups is 1. The van der Waals surface area contributed by atoms with E-state index in [0.29, 0.717) is 13.0 Å². The molecule has 0 aromatic carbocycles. The number of hydrogen-bond donors (Lipinski definition) is 1. The zero-order chi connectivity index (χ0) is 16.0. The quantitative estimate of drug-likeness (QED) is 0.635. The summed E-state index contributed by atoms with van der Waals surface area (Å²) in [7, 11) is 1.55. The fraction of sp³-hybridized carbons (Fsp3) is 0.692. The molecule has 1 saturated heterocycles. The van der Waals surface area contributed by atoms with Crippen LogP contribution in [0.15, 0.2) is 0 Å². The van der Waals surface area contributed by atoms with E-state index >= 15 is 0 Å². The summed E-state index contributed by atoms with van der Waals surface area (Å²) in [6.45, 7) is 2.68. The molecule has 1 aliphatic rings. The van der Waals surface area contributed by atoms with E-state index in [0.717, 1.165) is 4.90 Å². The Morgan fingerprint density at radius 3 is 2.43 bits per heavy atom. The van der Waals surface area contributed by atoms with Crippen LogP contribution in [-0.2, 0) is 14.4 Å². The standard InChI is InChI=1S/C13H21N3O5/c1-3-15(8-6-12(19)20)10(17)5-4-7-16-11(18)9-14(2)13(16)21/h3-9H2,1-2H3,(H,19,20). The summed E-state index contributed by atoms with van der Waals surface area (Å²) >= 11 is 0. The fourth-order valence-electron chi connectivity index (χ4n) is 2.13. The minimum Gasteiger partial charge on any atom is -0.481 e. The number of amides is 4. The van der Waals surface area contributed by atoms with Gasteiger partial charge in [-0.1, -0.05) is 0 Å². The maximum atomic E-state index is 11.9. The second-order valence-electron chi connectivity index (χ2n) is 4.90. The Balaban J connectivity index is 2.37. The Labute approximate surface area is 123 Å². The summed E-state index contributed by atoms with van der Waals surface area (Å²) in [5, 5.41) is 8.62. The number of aliphatic carboxylic acids is 1. The van der Waals surface area contributed by atoms with Gasteiger partial charge in [-0.3, -0.25) is 19.3 Å². The predicted octanol–water partition coefficient (Wildman–Crippen LogP) is -0.0162. The monoisotopic (exact) mass is 299 g/mol. The van der Waals surface area contributed by atoms with Crippen molar-refractivity contribution < 1.29 is 24.3 Å². The topological polar surface area (TPSA) is 98.2 Å². The van der Waals surface area contributed by atoms with Crippen LogP contribution in [0.3, 0.4) is 0 Å². The van der Waals surface area contributed by atoms with Gasteiger partial charge in [-0.2, -0.15) is 0 Å². The number of urea groups is 1. The van der Waals surface area contributed by atoms with Crippen LogP contribution in [-0.4, -0.2) is 76.8 Å². The number of carboxylic acid groups (broad SMARTS) is 1. The molecule has 1 N–H and O–H groups in total. The van der Waals surface area contributed by atoms with Crippen molar-refractivity contribution in [1.29, 1.82) is 0 Å². The number of likely N-dealkylation sites (N-methyl/N-ethyl adjacent to an activating group) is 1. The maximum Gasteiger partial charge on any atom is 0.326 e. The number of nitrogens with zero attached hydrogens (tertiary/aromatic N) is 3. The molecule has 118 valence electrons. The smallest absolute Gasteiger partial charge is 0.326 e. The number of hydrogen-bond acceptors (Lipinski definition) is 4. The summed E-state index contributed by atoms with van der Waals surface area (Å²) in [6, 6.07) is -0.342. The van der Waals surface area contributed by atoms with Gasteiger partial charge >= 0.3 is 12.0 Å². The number of carbonyl (C=O) groups excluding carboxylic acids is 3. The van der Waals surface area contributed by atoms with Crippen LogP contribution in [0.5, 0.6) is 0 Å². The van der Waals surface area contributed by atoms with Gasteiger partial charge in [0.25, 0.3) is 0 Å². The van der Waals surface area contributed by atoms with Crippen LogP contribution in [0.25, 0.3) is 0 Å². The maximum absolute atomic E-state index is 11.9. The van der Waals surface area contributed by atoms with Crippen molar-refractivity contribution in [1.82, 2.24) is 14.7 Å². The number of carbonyl (C=O) groups is 4. The van der Waals surface area contributed by atoms with Gasteiger partial charge in [0.15, 0.2) is 0 Å². The molecule has 1 rings (SSSR count). The van der Waals surface area contributed by atoms with Crippen LogP contribution < -0.4 is 0 Å². The molecule has 4 amide bonds. The molecule has 0 bridgehead atoms. The lowest BCUT2D eigenvalue weighted by molar-refractivity contribution is -0.138. The Morgan fingerprint density at radius 1 is 1.29 bits per heavy atom. The lowest BCUT2D eigenvalue weighted by Gasteiger charge is -2.20. The molecule has 0 spiro atoms. The lowest BCUT2D eigenvalue weighted by atomic mass is 10.2. The second kappa shape index (κ2) is 7.61. The minimum atomic E-state index is -0.947. The van der Waals surface area contributed by atoms with Gasteiger partial charge in [0.05, 0.1) is 6.42 Å². The summed E-state index contributed by atoms with van der Waals surface area (Å²) in [5.41, 5.74) is 0. The van der Waals surface area contributed by atoms with E-state index in [9.17, 15) is 19.2 Å². The molecule has 1 fully saturated rings. The molecule has 8 nitrogen and oxygen atoms in total. The van der Waals surface area contributed by atoms with Crippen molar-refractivity contribution in [3.05, 3.63) is 0 Å². The van der Waals surface area contributed by atoms with Gasteiger partial charge in [-0.15, -0.1) is 0 Å². The Bertz CT molecular complexity index is 438. The summed E-state index contributed by atoms with van der Waals surface area (Å²) in [6.07, 6.45) is 0.482. The molecular weight excluding hydrogens is 278 g/mol. The third kappa shape index (κ3) is 4.73. The first kappa shape index (κ1) is 16.9. The molecule has 1 heterocycles. The van der Waals surface area contributed by atoms with Crippen molar-refractivity contribution in [2.45, 2.75) is 26.2 Å². The highest BCUT2D eigenvalue weighted by Gasteiger charge is 2.32. The van der Waals surface area contributed by atoms with Crippen molar-refractivity contribution in [3.63, 3.8) is 0 Å². The van der Waals surface area contributed by atoms with E-state index in [4.69, 9.17) is 5.11 Å². The van der Waals surface area contributed by atoms with Gasteiger partial charge in [0.2, 0.25) is 11.8 Å². The van der Waals surface area contributed by atoms with Crippen LogP contribution in [0.2, 0.25) is 0 Å². The van der Waals surface area contributed by atoms with Crippen molar-refractivity contribution >= 4 is 23.8 Å². The van der Waals surface area contributed by atoms with E-state index in [1.807, 2.05) is 0 Å². The Morgan fingerprint density at radius 2 is 1.95 bits per heavy atom. The normalized spacial score (nSPS) is 14.8. The van der Waals surface area contributed by atoms with Gasteiger partial charge < -0.3 is 14.9 Å². The third-order valence-electron chi connectivity index (χ3n) is 3.33. The molecule has 0 saturated carbocycles. The molecule has 0 aliphatic carbocycles. The fourth-order valence-corrected chi connectivity index (χ4v) is 2.13. The first-order valence-corrected chi connectivity index (χ1v) is 6.91. The number of rotatable bonds is 8. The van der Waals surface area contributed by atoms with Gasteiger partial charge in [-0.25, -0.2) is 4.79 Å². The van der Waals surface area contributed by atoms with E-state index < -0.39 is 5.97 Å². The highest BCUT2D eigenvalue weighted by molar-refractivity contribution is 6.01. The average molecular weight is 299 g/mol. The molecule has 0 atom stereocenters. The first-order valence-electron chi connectivity index (χ1n) is 6.91. The minimum absolute atomic E-state index is 0.0759. The van der Waals surface area contributed by atoms with Gasteiger partial charge in [0.1, 0.15) is 6.54 Å². The van der Waals surface area contributed by atoms with E-state index in [2.05, 4.69) is 0 Å². The molecule has 21 heavy (non-hydrogen) atoms. The molecule has 0 aromatic rings. The van der Waals surface area contributed by atoms with Crippen molar-refractivity contribution in [2.75, 3.05) is 33.2 Å². The van der Waals surface area contributed by atoms with Crippen LogP contribution in [0.1, 0.15) is 26.2 Å². The van der Waals surface area contributed by atoms with Gasteiger partial charge in [0, 0.05) is 33.1 Å². The first-order chi connectivity index (χ1) is 9.86. The second-order valence-corrected chi connectivity index (χ2v) is 4.90. The zero-order valence-electron chi connectivity index (χ0n) is 12.4. The van der Waals surface area contributed by atoms with E-state index in [-0.39, 0.29) is 50.3 Å². The van der Waals surface area contributed by atoms with Crippen LogP contribution in [0.4, 0.5) is 4.79 Å². The van der Waals surface area contributed by atoms with Crippen LogP contribution in [0, 0.1) is 0 Å². The summed E-state index contributed by atoms with van der Waals surface area (Å²) in [5.74, 6) is -1.36. The molecular formula is C13H21N3O5. The Hall–Kier alpha value is -2.12. The molecule has 0 unspecified atom stereocenters. The highest BCUT2D eigenvalue weighted by Crippen LogP contribution is 2.10. The lowest BCUT2D eigenvalue weighted by Crippen LogP contribution is -2.35. The number of carboxylic acids is 1. The Kier molecular flexibility index (Phi) is 6.13. The SMILES string of the molecule is CCN(CCC(=O)O)C(=O)CCCN1C(=O)CN(C)C1=O. The van der Waals surface area contributed by atoms with Crippen molar-refractivity contribution in [2.24, 2.45) is 0 Å². The average Bonchev–Trinajstić information content (AvgIpc) is 2.65. The van der Waals surface area contributed by atoms with Crippen LogP contribution >= 0.6 is 0 Å². The summed E-state index contributed by atoms with van der Waals surface area (Å²) in [4.78, 5) is 49.5. The molecule has 0 aromatic heterocycles. The largest absolute Gasteiger partial charge is 0.481 e. The molecule has 1 aliphatic heterocycles. The molecule has 0 radical (unpaired) electrons. The summed E-state index contributed by atoms with van der Waals surface area (Å²) < 4.78 is 0. The van der Waals surface area contributed by atoms with Crippen molar-refractivity contribution in [3.8, 4) is 0 Å². The zero-order valence-corrected chi connectivity index (χ0v) is 12.4. The third-order valence-corrected chi connectivity index (χ3v) is 3.33. The molecule has 8 heteroatoms. The predicted molar refractivity (Wildman–Crippen MR) is 73.5 cm³/mol. The van der Waals surface area contributed by atoms with Gasteiger partial charge in [-0.05, 0) is 13.3 Å².